The molecule has 2 aromatic rings. The third-order valence-electron chi connectivity index (χ3n) is 3.84. The minimum Gasteiger partial charge on any atom is -0.360 e. The van der Waals surface area contributed by atoms with Crippen molar-refractivity contribution in [2.24, 2.45) is 7.05 Å². The van der Waals surface area contributed by atoms with Crippen LogP contribution in [0.2, 0.25) is 0 Å². The standard InChI is InChI=1S/C14H21N5OS.ClH/c1-3-11-7-12(20-18-11)9-21-14-17-16-13(19(14)2)10-5-4-6-15-8-10;/h7,10,15H,3-6,8-9H2,1-2H3;1H. The maximum atomic E-state index is 5.30. The van der Waals surface area contributed by atoms with E-state index in [0.717, 1.165) is 47.7 Å². The van der Waals surface area contributed by atoms with E-state index in [2.05, 4.69) is 32.2 Å². The van der Waals surface area contributed by atoms with E-state index in [1.54, 1.807) is 11.8 Å². The summed E-state index contributed by atoms with van der Waals surface area (Å²) in [6.45, 7) is 4.18. The van der Waals surface area contributed by atoms with E-state index in [0.29, 0.717) is 5.92 Å². The zero-order chi connectivity index (χ0) is 14.7. The van der Waals surface area contributed by atoms with Gasteiger partial charge in [0, 0.05) is 25.6 Å². The molecule has 0 bridgehead atoms. The highest BCUT2D eigenvalue weighted by atomic mass is 35.5. The van der Waals surface area contributed by atoms with E-state index in [9.17, 15) is 0 Å². The van der Waals surface area contributed by atoms with E-state index in [-0.39, 0.29) is 12.4 Å². The van der Waals surface area contributed by atoms with Crippen molar-refractivity contribution in [3.05, 3.63) is 23.3 Å². The summed E-state index contributed by atoms with van der Waals surface area (Å²) >= 11 is 1.64. The monoisotopic (exact) mass is 343 g/mol. The molecule has 1 saturated heterocycles. The molecule has 1 unspecified atom stereocenters. The Morgan fingerprint density at radius 3 is 3.00 bits per heavy atom. The summed E-state index contributed by atoms with van der Waals surface area (Å²) in [5, 5.41) is 17.1. The van der Waals surface area contributed by atoms with Gasteiger partial charge in [-0.2, -0.15) is 0 Å². The Kier molecular flexibility index (Phi) is 6.28. The average molecular weight is 344 g/mol. The lowest BCUT2D eigenvalue weighted by atomic mass is 9.99. The fourth-order valence-corrected chi connectivity index (χ4v) is 3.40. The van der Waals surface area contributed by atoms with Gasteiger partial charge >= 0.3 is 0 Å². The second-order valence-electron chi connectivity index (χ2n) is 5.37. The molecule has 0 spiro atoms. The third-order valence-corrected chi connectivity index (χ3v) is 4.89. The van der Waals surface area contributed by atoms with E-state index < -0.39 is 0 Å². The Balaban J connectivity index is 0.00000176. The van der Waals surface area contributed by atoms with Gasteiger partial charge in [-0.3, -0.25) is 0 Å². The number of nitrogens with zero attached hydrogens (tertiary/aromatic N) is 4. The fourth-order valence-electron chi connectivity index (χ4n) is 2.61. The predicted molar refractivity (Wildman–Crippen MR) is 88.5 cm³/mol. The van der Waals surface area contributed by atoms with Crippen LogP contribution in [0.3, 0.4) is 0 Å². The van der Waals surface area contributed by atoms with Crippen molar-refractivity contribution in [2.75, 3.05) is 13.1 Å². The number of halogens is 1. The van der Waals surface area contributed by atoms with Gasteiger partial charge in [-0.1, -0.05) is 23.8 Å². The Hall–Kier alpha value is -1.05. The molecule has 1 aliphatic rings. The van der Waals surface area contributed by atoms with Gasteiger partial charge in [0.15, 0.2) is 5.16 Å². The zero-order valence-electron chi connectivity index (χ0n) is 12.9. The zero-order valence-corrected chi connectivity index (χ0v) is 14.5. The number of rotatable bonds is 5. The minimum atomic E-state index is 0. The Bertz CT molecular complexity index is 594. The molecule has 0 saturated carbocycles. The maximum absolute atomic E-state index is 5.30. The van der Waals surface area contributed by atoms with E-state index in [1.165, 1.54) is 12.8 Å². The molecule has 1 atom stereocenters. The quantitative estimate of drug-likeness (QED) is 0.841. The molecule has 0 aliphatic carbocycles. The summed E-state index contributed by atoms with van der Waals surface area (Å²) in [7, 11) is 2.05. The summed E-state index contributed by atoms with van der Waals surface area (Å²) in [4.78, 5) is 0. The molecule has 1 N–H and O–H groups in total. The summed E-state index contributed by atoms with van der Waals surface area (Å²) < 4.78 is 7.41. The maximum Gasteiger partial charge on any atom is 0.191 e. The van der Waals surface area contributed by atoms with Gasteiger partial charge in [-0.25, -0.2) is 0 Å². The van der Waals surface area contributed by atoms with E-state index in [4.69, 9.17) is 4.52 Å². The fraction of sp³-hybridized carbons (Fsp3) is 0.643. The van der Waals surface area contributed by atoms with Gasteiger partial charge in [0.2, 0.25) is 0 Å². The topological polar surface area (TPSA) is 68.8 Å². The van der Waals surface area contributed by atoms with Crippen LogP contribution in [-0.4, -0.2) is 33.0 Å². The van der Waals surface area contributed by atoms with Gasteiger partial charge in [0.25, 0.3) is 0 Å². The van der Waals surface area contributed by atoms with Gasteiger partial charge in [-0.15, -0.1) is 22.6 Å². The largest absolute Gasteiger partial charge is 0.360 e. The minimum absolute atomic E-state index is 0. The van der Waals surface area contributed by atoms with Crippen LogP contribution < -0.4 is 5.32 Å². The van der Waals surface area contributed by atoms with Crippen molar-refractivity contribution >= 4 is 24.2 Å². The van der Waals surface area contributed by atoms with Crippen molar-refractivity contribution < 1.29 is 4.52 Å². The molecule has 2 aromatic heterocycles. The summed E-state index contributed by atoms with van der Waals surface area (Å²) in [5.41, 5.74) is 0.998. The smallest absolute Gasteiger partial charge is 0.191 e. The lowest BCUT2D eigenvalue weighted by molar-refractivity contribution is 0.389. The van der Waals surface area contributed by atoms with Crippen LogP contribution in [0, 0.1) is 0 Å². The molecule has 0 aromatic carbocycles. The van der Waals surface area contributed by atoms with E-state index in [1.807, 2.05) is 13.1 Å². The molecule has 0 radical (unpaired) electrons. The number of aromatic nitrogens is 4. The highest BCUT2D eigenvalue weighted by molar-refractivity contribution is 7.98. The van der Waals surface area contributed by atoms with Crippen LogP contribution in [0.5, 0.6) is 0 Å². The van der Waals surface area contributed by atoms with Gasteiger partial charge in [-0.05, 0) is 25.8 Å². The molecule has 8 heteroatoms. The molecule has 0 amide bonds. The van der Waals surface area contributed by atoms with Crippen molar-refractivity contribution in [1.29, 1.82) is 0 Å². The van der Waals surface area contributed by atoms with Crippen molar-refractivity contribution in [2.45, 2.75) is 43.0 Å². The molecule has 6 nitrogen and oxygen atoms in total. The molecule has 122 valence electrons. The number of nitrogens with one attached hydrogen (secondary N) is 1. The highest BCUT2D eigenvalue weighted by Gasteiger charge is 2.21. The summed E-state index contributed by atoms with van der Waals surface area (Å²) in [6, 6.07) is 2.01. The van der Waals surface area contributed by atoms with Gasteiger partial charge < -0.3 is 14.4 Å². The molecule has 3 rings (SSSR count). The average Bonchev–Trinajstić information content (AvgIpc) is 3.13. The predicted octanol–water partition coefficient (Wildman–Crippen LogP) is 2.55. The lowest BCUT2D eigenvalue weighted by Gasteiger charge is -2.21. The number of hydrogen-bond acceptors (Lipinski definition) is 6. The number of aryl methyl sites for hydroxylation is 1. The van der Waals surface area contributed by atoms with Crippen molar-refractivity contribution in [3.8, 4) is 0 Å². The Labute approximate surface area is 140 Å². The molecule has 3 heterocycles. The third kappa shape index (κ3) is 3.83. The summed E-state index contributed by atoms with van der Waals surface area (Å²) in [6.07, 6.45) is 3.29. The second-order valence-corrected chi connectivity index (χ2v) is 6.31. The molecule has 1 fully saturated rings. The van der Waals surface area contributed by atoms with Crippen LogP contribution in [0.1, 0.15) is 43.0 Å². The number of thioether (sulfide) groups is 1. The number of piperidine rings is 1. The first-order chi connectivity index (χ1) is 10.3. The highest BCUT2D eigenvalue weighted by Crippen LogP contribution is 2.26. The normalized spacial score (nSPS) is 18.2. The Morgan fingerprint density at radius 2 is 2.32 bits per heavy atom. The molecular formula is C14H22ClN5OS. The first kappa shape index (κ1) is 17.3. The lowest BCUT2D eigenvalue weighted by Crippen LogP contribution is -2.29. The second kappa shape index (κ2) is 7.99. The van der Waals surface area contributed by atoms with Crippen LogP contribution in [-0.2, 0) is 19.2 Å². The number of hydrogen-bond donors (Lipinski definition) is 1. The van der Waals surface area contributed by atoms with Crippen LogP contribution >= 0.6 is 24.2 Å². The van der Waals surface area contributed by atoms with Gasteiger partial charge in [0.1, 0.15) is 11.6 Å². The van der Waals surface area contributed by atoms with E-state index >= 15 is 0 Å². The Morgan fingerprint density at radius 1 is 1.45 bits per heavy atom. The molecular weight excluding hydrogens is 322 g/mol. The van der Waals surface area contributed by atoms with Crippen LogP contribution in [0.15, 0.2) is 15.7 Å². The van der Waals surface area contributed by atoms with Crippen LogP contribution in [0.4, 0.5) is 0 Å². The SMILES string of the molecule is CCc1cc(CSc2nnc(C3CCCNC3)n2C)on1.Cl. The van der Waals surface area contributed by atoms with Gasteiger partial charge in [0.05, 0.1) is 11.4 Å². The van der Waals surface area contributed by atoms with Crippen molar-refractivity contribution in [3.63, 3.8) is 0 Å². The van der Waals surface area contributed by atoms with Crippen molar-refractivity contribution in [1.82, 2.24) is 25.2 Å². The first-order valence-corrected chi connectivity index (χ1v) is 8.43. The molecule has 1 aliphatic heterocycles. The molecule has 22 heavy (non-hydrogen) atoms. The first-order valence-electron chi connectivity index (χ1n) is 7.45. The van der Waals surface area contributed by atoms with Crippen LogP contribution in [0.25, 0.3) is 0 Å². The summed E-state index contributed by atoms with van der Waals surface area (Å²) in [5.74, 6) is 3.18.